The van der Waals surface area contributed by atoms with E-state index >= 15 is 0 Å². The molecule has 12 heteroatoms. The van der Waals surface area contributed by atoms with Crippen LogP contribution in [0, 0.1) is 18.3 Å². The maximum absolute atomic E-state index is 13.4. The maximum Gasteiger partial charge on any atom is 0.408 e. The number of alkyl carbamates (subject to hydrolysis) is 1. The molecule has 0 fully saturated rings. The molecule has 0 aromatic heterocycles. The lowest BCUT2D eigenvalue weighted by atomic mass is 9.99. The zero-order valence-electron chi connectivity index (χ0n) is 21.2. The maximum atomic E-state index is 13.4. The van der Waals surface area contributed by atoms with Gasteiger partial charge in [-0.2, -0.15) is 5.26 Å². The minimum absolute atomic E-state index is 0.0150. The van der Waals surface area contributed by atoms with Crippen molar-refractivity contribution in [3.05, 3.63) is 29.3 Å². The summed E-state index contributed by atoms with van der Waals surface area (Å²) in [6, 6.07) is 3.28. The molecule has 0 saturated heterocycles. The fraction of sp³-hybridized carbons (Fsp3) is 0.542. The summed E-state index contributed by atoms with van der Waals surface area (Å²) in [6.07, 6.45) is -1.13. The molecule has 0 aliphatic rings. The van der Waals surface area contributed by atoms with Crippen LogP contribution in [0.25, 0.3) is 0 Å². The van der Waals surface area contributed by atoms with Crippen molar-refractivity contribution in [3.63, 3.8) is 0 Å². The van der Waals surface area contributed by atoms with Gasteiger partial charge in [-0.3, -0.25) is 14.4 Å². The van der Waals surface area contributed by atoms with Crippen LogP contribution in [0.1, 0.15) is 51.3 Å². The van der Waals surface area contributed by atoms with Gasteiger partial charge in [0, 0.05) is 12.1 Å². The van der Waals surface area contributed by atoms with Crippen LogP contribution in [0.15, 0.2) is 18.2 Å². The largest absolute Gasteiger partial charge is 0.507 e. The number of aliphatic hydroxyl groups is 1. The van der Waals surface area contributed by atoms with Crippen LogP contribution < -0.4 is 10.6 Å². The van der Waals surface area contributed by atoms with Crippen molar-refractivity contribution in [2.75, 3.05) is 26.3 Å². The Kier molecular flexibility index (Phi) is 11.6. The number of benzene rings is 1. The van der Waals surface area contributed by atoms with E-state index in [1.165, 1.54) is 6.07 Å². The van der Waals surface area contributed by atoms with Gasteiger partial charge in [0.25, 0.3) is 0 Å². The Morgan fingerprint density at radius 3 is 2.44 bits per heavy atom. The standard InChI is InChI=1S/C24H34N4O8/c1-6-35-18(30)10-12-26-21(32)19(16-9-7-8-15(2)20(16)31)28(13-11-25)22(33)17(14-29)27-23(34)36-24(3,4)5/h7-9,17,19,29,31H,6,10,12-14H2,1-5H3,(H,26,32)(H,27,34). The van der Waals surface area contributed by atoms with E-state index < -0.39 is 54.7 Å². The number of aliphatic hydroxyl groups excluding tert-OH is 1. The van der Waals surface area contributed by atoms with E-state index in [4.69, 9.17) is 9.47 Å². The van der Waals surface area contributed by atoms with Crippen LogP contribution in [0.3, 0.4) is 0 Å². The number of nitrogens with zero attached hydrogens (tertiary/aromatic N) is 2. The quantitative estimate of drug-likeness (QED) is 0.252. The third-order valence-corrected chi connectivity index (χ3v) is 4.75. The van der Waals surface area contributed by atoms with E-state index in [1.807, 2.05) is 0 Å². The van der Waals surface area contributed by atoms with Crippen molar-refractivity contribution in [2.24, 2.45) is 0 Å². The lowest BCUT2D eigenvalue weighted by molar-refractivity contribution is -0.144. The van der Waals surface area contributed by atoms with E-state index in [0.717, 1.165) is 4.90 Å². The Morgan fingerprint density at radius 1 is 1.22 bits per heavy atom. The van der Waals surface area contributed by atoms with Gasteiger partial charge in [0.2, 0.25) is 11.8 Å². The highest BCUT2D eigenvalue weighted by atomic mass is 16.6. The molecule has 0 spiro atoms. The molecule has 3 amide bonds. The molecule has 1 aromatic rings. The second-order valence-corrected chi connectivity index (χ2v) is 8.77. The average molecular weight is 507 g/mol. The summed E-state index contributed by atoms with van der Waals surface area (Å²) in [5.41, 5.74) is -0.457. The highest BCUT2D eigenvalue weighted by Crippen LogP contribution is 2.32. The second-order valence-electron chi connectivity index (χ2n) is 8.77. The molecule has 0 heterocycles. The number of nitrogens with one attached hydrogen (secondary N) is 2. The van der Waals surface area contributed by atoms with Crippen LogP contribution in [-0.2, 0) is 23.9 Å². The summed E-state index contributed by atoms with van der Waals surface area (Å²) in [5.74, 6) is -2.58. The molecule has 2 unspecified atom stereocenters. The highest BCUT2D eigenvalue weighted by Gasteiger charge is 2.37. The summed E-state index contributed by atoms with van der Waals surface area (Å²) in [4.78, 5) is 51.3. The number of phenolic OH excluding ortho intramolecular Hbond substituents is 1. The Labute approximate surface area is 210 Å². The average Bonchev–Trinajstić information content (AvgIpc) is 2.78. The molecule has 0 bridgehead atoms. The molecule has 0 radical (unpaired) electrons. The molecule has 12 nitrogen and oxygen atoms in total. The third-order valence-electron chi connectivity index (χ3n) is 4.75. The molecule has 0 aliphatic heterocycles. The molecule has 0 saturated carbocycles. The molecule has 36 heavy (non-hydrogen) atoms. The number of hydrogen-bond donors (Lipinski definition) is 4. The lowest BCUT2D eigenvalue weighted by Gasteiger charge is -2.32. The monoisotopic (exact) mass is 506 g/mol. The van der Waals surface area contributed by atoms with E-state index in [9.17, 15) is 34.7 Å². The highest BCUT2D eigenvalue weighted by molar-refractivity contribution is 5.93. The summed E-state index contributed by atoms with van der Waals surface area (Å²) in [7, 11) is 0. The van der Waals surface area contributed by atoms with Gasteiger partial charge < -0.3 is 35.2 Å². The van der Waals surface area contributed by atoms with Gasteiger partial charge in [0.15, 0.2) is 0 Å². The van der Waals surface area contributed by atoms with Crippen molar-refractivity contribution in [1.82, 2.24) is 15.5 Å². The number of carbonyl (C=O) groups is 4. The number of aryl methyl sites for hydroxylation is 1. The Balaban J connectivity index is 3.34. The first-order chi connectivity index (χ1) is 16.9. The van der Waals surface area contributed by atoms with Crippen LogP contribution in [0.5, 0.6) is 5.75 Å². The number of phenols is 1. The number of para-hydroxylation sites is 1. The first kappa shape index (κ1) is 30.2. The molecule has 1 rings (SSSR count). The predicted octanol–water partition coefficient (Wildman–Crippen LogP) is 1.05. The zero-order valence-corrected chi connectivity index (χ0v) is 21.2. The van der Waals surface area contributed by atoms with Crippen LogP contribution in [0.2, 0.25) is 0 Å². The van der Waals surface area contributed by atoms with Gasteiger partial charge in [0.1, 0.15) is 30.0 Å². The minimum atomic E-state index is -1.55. The third kappa shape index (κ3) is 9.07. The number of amides is 3. The van der Waals surface area contributed by atoms with Crippen molar-refractivity contribution in [1.29, 1.82) is 5.26 Å². The van der Waals surface area contributed by atoms with Gasteiger partial charge >= 0.3 is 12.1 Å². The fourth-order valence-corrected chi connectivity index (χ4v) is 3.18. The number of rotatable bonds is 11. The Morgan fingerprint density at radius 2 is 1.89 bits per heavy atom. The van der Waals surface area contributed by atoms with E-state index in [-0.39, 0.29) is 30.9 Å². The zero-order chi connectivity index (χ0) is 27.5. The molecule has 4 N–H and O–H groups in total. The van der Waals surface area contributed by atoms with Crippen LogP contribution in [0.4, 0.5) is 4.79 Å². The van der Waals surface area contributed by atoms with Gasteiger partial charge in [-0.1, -0.05) is 18.2 Å². The summed E-state index contributed by atoms with van der Waals surface area (Å²) >= 11 is 0. The van der Waals surface area contributed by atoms with Gasteiger partial charge in [-0.25, -0.2) is 4.79 Å². The first-order valence-corrected chi connectivity index (χ1v) is 11.4. The molecule has 1 aromatic carbocycles. The number of hydrogen-bond acceptors (Lipinski definition) is 9. The van der Waals surface area contributed by atoms with E-state index in [1.54, 1.807) is 52.8 Å². The topological polar surface area (TPSA) is 178 Å². The normalized spacial score (nSPS) is 12.5. The molecule has 0 aliphatic carbocycles. The molecule has 198 valence electrons. The van der Waals surface area contributed by atoms with Gasteiger partial charge in [0.05, 0.1) is 25.7 Å². The van der Waals surface area contributed by atoms with Gasteiger partial charge in [-0.05, 0) is 40.2 Å². The van der Waals surface area contributed by atoms with Crippen molar-refractivity contribution in [2.45, 2.75) is 58.7 Å². The second kappa shape index (κ2) is 13.9. The first-order valence-electron chi connectivity index (χ1n) is 11.4. The fourth-order valence-electron chi connectivity index (χ4n) is 3.18. The molecular formula is C24H34N4O8. The number of esters is 1. The minimum Gasteiger partial charge on any atom is -0.507 e. The Hall–Kier alpha value is -3.85. The van der Waals surface area contributed by atoms with Crippen molar-refractivity contribution >= 4 is 23.9 Å². The van der Waals surface area contributed by atoms with Crippen LogP contribution in [-0.4, -0.2) is 76.9 Å². The van der Waals surface area contributed by atoms with Crippen LogP contribution >= 0.6 is 0 Å². The number of ether oxygens (including phenoxy) is 2. The predicted molar refractivity (Wildman–Crippen MR) is 127 cm³/mol. The van der Waals surface area contributed by atoms with E-state index in [0.29, 0.717) is 5.56 Å². The smallest absolute Gasteiger partial charge is 0.408 e. The van der Waals surface area contributed by atoms with E-state index in [2.05, 4.69) is 10.6 Å². The van der Waals surface area contributed by atoms with Gasteiger partial charge in [-0.15, -0.1) is 0 Å². The summed E-state index contributed by atoms with van der Waals surface area (Å²) < 4.78 is 9.95. The number of nitriles is 1. The number of carbonyl (C=O) groups excluding carboxylic acids is 4. The van der Waals surface area contributed by atoms with Crippen molar-refractivity contribution < 1.29 is 38.9 Å². The molecule has 2 atom stereocenters. The Bertz CT molecular complexity index is 983. The summed E-state index contributed by atoms with van der Waals surface area (Å²) in [6.45, 7) is 6.64. The number of aromatic hydroxyl groups is 1. The molecular weight excluding hydrogens is 472 g/mol. The SMILES string of the molecule is CCOC(=O)CCNC(=O)C(c1cccc(C)c1O)N(CC#N)C(=O)C(CO)NC(=O)OC(C)(C)C. The summed E-state index contributed by atoms with van der Waals surface area (Å²) in [5, 5.41) is 34.6. The van der Waals surface area contributed by atoms with Crippen molar-refractivity contribution in [3.8, 4) is 11.8 Å². The lowest BCUT2D eigenvalue weighted by Crippen LogP contribution is -2.54.